The van der Waals surface area contributed by atoms with Crippen molar-refractivity contribution >= 4 is 33.9 Å². The molecule has 152 valence electrons. The first-order valence-corrected chi connectivity index (χ1v) is 9.58. The lowest BCUT2D eigenvalue weighted by molar-refractivity contribution is 0.137. The molecule has 5 nitrogen and oxygen atoms in total. The second-order valence-corrected chi connectivity index (χ2v) is 7.89. The highest BCUT2D eigenvalue weighted by Crippen LogP contribution is 2.41. The van der Waals surface area contributed by atoms with Crippen LogP contribution in [0.1, 0.15) is 26.3 Å². The Balaban J connectivity index is 2.01. The van der Waals surface area contributed by atoms with E-state index in [2.05, 4.69) is 15.5 Å². The van der Waals surface area contributed by atoms with E-state index in [0.29, 0.717) is 21.5 Å². The number of aromatic nitrogens is 1. The van der Waals surface area contributed by atoms with Gasteiger partial charge in [0.15, 0.2) is 0 Å². The molecular weight excluding hydrogens is 400 g/mol. The van der Waals surface area contributed by atoms with Crippen LogP contribution in [0, 0.1) is 11.6 Å². The van der Waals surface area contributed by atoms with E-state index >= 15 is 8.78 Å². The quantitative estimate of drug-likeness (QED) is 0.519. The summed E-state index contributed by atoms with van der Waals surface area (Å²) in [6.45, 7) is 5.40. The van der Waals surface area contributed by atoms with Crippen LogP contribution in [0.5, 0.6) is 0 Å². The summed E-state index contributed by atoms with van der Waals surface area (Å²) >= 11 is 6.16. The second kappa shape index (κ2) is 7.00. The normalized spacial score (nSPS) is 19.3. The summed E-state index contributed by atoms with van der Waals surface area (Å²) in [7, 11) is 0. The topological polar surface area (TPSA) is 69.6 Å². The van der Waals surface area contributed by atoms with Gasteiger partial charge in [-0.3, -0.25) is 0 Å². The molecule has 2 aromatic carbocycles. The SMILES string of the molecule is CCO/N=C1/c2c(cc(F)c(-c3cccc4c(Cl)c[nH]c34)c2F)NC(C)(C)C1O. The predicted octanol–water partition coefficient (Wildman–Crippen LogP) is 5.07. The Morgan fingerprint density at radius 1 is 1.28 bits per heavy atom. The number of nitrogens with one attached hydrogen (secondary N) is 2. The number of anilines is 1. The minimum atomic E-state index is -1.16. The molecule has 1 aliphatic rings. The number of rotatable bonds is 3. The van der Waals surface area contributed by atoms with Gasteiger partial charge in [0.25, 0.3) is 0 Å². The number of hydrogen-bond donors (Lipinski definition) is 3. The minimum absolute atomic E-state index is 0.0149. The van der Waals surface area contributed by atoms with E-state index in [1.165, 1.54) is 6.07 Å². The van der Waals surface area contributed by atoms with Crippen molar-refractivity contribution in [2.45, 2.75) is 32.4 Å². The largest absolute Gasteiger partial charge is 0.396 e. The van der Waals surface area contributed by atoms with Gasteiger partial charge in [0.05, 0.1) is 27.2 Å². The molecule has 3 aromatic rings. The number of hydrogen-bond acceptors (Lipinski definition) is 4. The minimum Gasteiger partial charge on any atom is -0.396 e. The Morgan fingerprint density at radius 2 is 2.03 bits per heavy atom. The molecule has 4 rings (SSSR count). The number of aliphatic hydroxyl groups excluding tert-OH is 1. The molecule has 0 amide bonds. The van der Waals surface area contributed by atoms with Crippen molar-refractivity contribution in [1.29, 1.82) is 0 Å². The zero-order valence-electron chi connectivity index (χ0n) is 16.1. The van der Waals surface area contributed by atoms with Crippen molar-refractivity contribution in [2.75, 3.05) is 11.9 Å². The highest BCUT2D eigenvalue weighted by atomic mass is 35.5. The fraction of sp³-hybridized carbons (Fsp3) is 0.286. The molecule has 2 heterocycles. The van der Waals surface area contributed by atoms with Crippen LogP contribution in [0.4, 0.5) is 14.5 Å². The maximum absolute atomic E-state index is 15.8. The first kappa shape index (κ1) is 19.7. The highest BCUT2D eigenvalue weighted by molar-refractivity contribution is 6.36. The van der Waals surface area contributed by atoms with Crippen LogP contribution in [0.3, 0.4) is 0 Å². The van der Waals surface area contributed by atoms with Gasteiger partial charge in [-0.15, -0.1) is 0 Å². The molecule has 0 fully saturated rings. The standard InChI is InChI=1S/C21H20ClF2N3O2/c1-4-29-27-19-16-14(26-21(2,3)20(19)28)8-13(23)15(17(16)24)11-7-5-6-10-12(22)9-25-18(10)11/h5-9,20,25-26,28H,4H2,1-3H3/b27-19-. The Bertz CT molecular complexity index is 1140. The Kier molecular flexibility index (Phi) is 4.75. The van der Waals surface area contributed by atoms with E-state index in [4.69, 9.17) is 16.4 Å². The van der Waals surface area contributed by atoms with Crippen molar-refractivity contribution < 1.29 is 18.7 Å². The molecule has 0 spiro atoms. The lowest BCUT2D eigenvalue weighted by atomic mass is 9.83. The van der Waals surface area contributed by atoms with E-state index in [-0.39, 0.29) is 29.1 Å². The van der Waals surface area contributed by atoms with Crippen LogP contribution in [0.2, 0.25) is 5.02 Å². The zero-order valence-corrected chi connectivity index (χ0v) is 16.9. The summed E-state index contributed by atoms with van der Waals surface area (Å²) in [4.78, 5) is 8.09. The third-order valence-corrected chi connectivity index (χ3v) is 5.41. The number of aromatic amines is 1. The highest BCUT2D eigenvalue weighted by Gasteiger charge is 2.42. The van der Waals surface area contributed by atoms with Gasteiger partial charge in [-0.1, -0.05) is 35.0 Å². The van der Waals surface area contributed by atoms with Gasteiger partial charge in [-0.2, -0.15) is 0 Å². The zero-order chi connectivity index (χ0) is 20.9. The monoisotopic (exact) mass is 419 g/mol. The van der Waals surface area contributed by atoms with Crippen LogP contribution in [0.25, 0.3) is 22.0 Å². The van der Waals surface area contributed by atoms with Gasteiger partial charge in [0, 0.05) is 22.8 Å². The van der Waals surface area contributed by atoms with Gasteiger partial charge in [-0.05, 0) is 26.8 Å². The van der Waals surface area contributed by atoms with Crippen LogP contribution in [-0.2, 0) is 4.84 Å². The van der Waals surface area contributed by atoms with Gasteiger partial charge in [-0.25, -0.2) is 8.78 Å². The number of benzene rings is 2. The van der Waals surface area contributed by atoms with Crippen LogP contribution in [-0.4, -0.2) is 34.1 Å². The van der Waals surface area contributed by atoms with Crippen molar-refractivity contribution in [3.8, 4) is 11.1 Å². The summed E-state index contributed by atoms with van der Waals surface area (Å²) in [5.74, 6) is -1.58. The third kappa shape index (κ3) is 3.05. The average Bonchev–Trinajstić information content (AvgIpc) is 3.04. The molecule has 0 saturated carbocycles. The number of fused-ring (bicyclic) bond motifs is 2. The average molecular weight is 420 g/mol. The Morgan fingerprint density at radius 3 is 2.76 bits per heavy atom. The summed E-state index contributed by atoms with van der Waals surface area (Å²) in [6, 6.07) is 6.27. The smallest absolute Gasteiger partial charge is 0.145 e. The molecule has 1 aliphatic heterocycles. The van der Waals surface area contributed by atoms with Crippen LogP contribution in [0.15, 0.2) is 35.6 Å². The number of oxime groups is 1. The Hall–Kier alpha value is -2.64. The van der Waals surface area contributed by atoms with Crippen molar-refractivity contribution in [3.05, 3.63) is 52.7 Å². The van der Waals surface area contributed by atoms with E-state index in [9.17, 15) is 5.11 Å². The molecule has 1 atom stereocenters. The van der Waals surface area contributed by atoms with Crippen LogP contribution >= 0.6 is 11.6 Å². The van der Waals surface area contributed by atoms with Crippen molar-refractivity contribution in [2.24, 2.45) is 5.16 Å². The molecule has 8 heteroatoms. The van der Waals surface area contributed by atoms with Crippen LogP contribution < -0.4 is 5.32 Å². The Labute approximate surface area is 171 Å². The van der Waals surface area contributed by atoms with E-state index < -0.39 is 23.3 Å². The van der Waals surface area contributed by atoms with Gasteiger partial charge in [0.1, 0.15) is 30.1 Å². The van der Waals surface area contributed by atoms with Crippen molar-refractivity contribution in [3.63, 3.8) is 0 Å². The first-order valence-electron chi connectivity index (χ1n) is 9.20. The maximum atomic E-state index is 15.8. The number of halogens is 3. The molecule has 0 aliphatic carbocycles. The fourth-order valence-electron chi connectivity index (χ4n) is 3.67. The first-order chi connectivity index (χ1) is 13.8. The number of para-hydroxylation sites is 1. The fourth-order valence-corrected chi connectivity index (χ4v) is 3.88. The van der Waals surface area contributed by atoms with Gasteiger partial charge >= 0.3 is 0 Å². The summed E-state index contributed by atoms with van der Waals surface area (Å²) in [6.07, 6.45) is 0.407. The molecule has 0 saturated heterocycles. The molecule has 3 N–H and O–H groups in total. The molecular formula is C21H20ClF2N3O2. The lowest BCUT2D eigenvalue weighted by Gasteiger charge is -2.39. The number of nitrogens with zero attached hydrogens (tertiary/aromatic N) is 1. The summed E-state index contributed by atoms with van der Waals surface area (Å²) in [5, 5.41) is 18.8. The van der Waals surface area contributed by atoms with E-state index in [1.54, 1.807) is 45.2 Å². The molecule has 29 heavy (non-hydrogen) atoms. The van der Waals surface area contributed by atoms with E-state index in [0.717, 1.165) is 0 Å². The summed E-state index contributed by atoms with van der Waals surface area (Å²) < 4.78 is 30.9. The third-order valence-electron chi connectivity index (χ3n) is 5.10. The molecule has 0 bridgehead atoms. The van der Waals surface area contributed by atoms with Crippen molar-refractivity contribution in [1.82, 2.24) is 4.98 Å². The van der Waals surface area contributed by atoms with Gasteiger partial charge < -0.3 is 20.2 Å². The molecule has 0 radical (unpaired) electrons. The van der Waals surface area contributed by atoms with Gasteiger partial charge in [0.2, 0.25) is 0 Å². The lowest BCUT2D eigenvalue weighted by Crippen LogP contribution is -2.52. The molecule has 1 unspecified atom stereocenters. The summed E-state index contributed by atoms with van der Waals surface area (Å²) in [5.41, 5.74) is -0.0844. The van der Waals surface area contributed by atoms with E-state index in [1.807, 2.05) is 0 Å². The molecule has 1 aromatic heterocycles. The number of aliphatic hydroxyl groups is 1. The number of H-pyrrole nitrogens is 1. The maximum Gasteiger partial charge on any atom is 0.145 e. The predicted molar refractivity (Wildman–Crippen MR) is 111 cm³/mol. The second-order valence-electron chi connectivity index (χ2n) is 7.48.